The molecule has 2 amide bonds. The molecular formula is C21H32N4O3. The van der Waals surface area contributed by atoms with Gasteiger partial charge in [-0.25, -0.2) is 4.79 Å². The fourth-order valence-corrected chi connectivity index (χ4v) is 4.04. The number of anilines is 1. The summed E-state index contributed by atoms with van der Waals surface area (Å²) in [6.45, 7) is 8.12. The second-order valence-electron chi connectivity index (χ2n) is 7.39. The van der Waals surface area contributed by atoms with Crippen LogP contribution in [0.3, 0.4) is 0 Å². The highest BCUT2D eigenvalue weighted by Crippen LogP contribution is 2.20. The van der Waals surface area contributed by atoms with E-state index in [4.69, 9.17) is 4.74 Å². The quantitative estimate of drug-likeness (QED) is 0.755. The van der Waals surface area contributed by atoms with Gasteiger partial charge in [0.15, 0.2) is 0 Å². The molecule has 28 heavy (non-hydrogen) atoms. The Balaban J connectivity index is 1.42. The molecule has 2 heterocycles. The predicted octanol–water partition coefficient (Wildman–Crippen LogP) is 1.94. The molecule has 0 aliphatic carbocycles. The van der Waals surface area contributed by atoms with E-state index >= 15 is 0 Å². The molecular weight excluding hydrogens is 356 g/mol. The van der Waals surface area contributed by atoms with Crippen LogP contribution >= 0.6 is 0 Å². The standard InChI is InChI=1S/C21H32N4O3/c1-2-28-20(26)10-11-22-21(27)25-12-6-9-19(17-25)24-15-13-23(14-16-24)18-7-4-3-5-8-18/h3-5,7-8,19H,2,6,9-17H2,1H3,(H,22,27)/t19-/m1/s1. The summed E-state index contributed by atoms with van der Waals surface area (Å²) in [4.78, 5) is 30.7. The van der Waals surface area contributed by atoms with Crippen LogP contribution in [0.2, 0.25) is 0 Å². The molecule has 154 valence electrons. The molecule has 0 unspecified atom stereocenters. The average Bonchev–Trinajstić information content (AvgIpc) is 2.75. The number of nitrogens with zero attached hydrogens (tertiary/aromatic N) is 3. The second kappa shape index (κ2) is 10.3. The molecule has 0 bridgehead atoms. The molecule has 7 heteroatoms. The van der Waals surface area contributed by atoms with E-state index in [1.165, 1.54) is 5.69 Å². The van der Waals surface area contributed by atoms with E-state index in [2.05, 4.69) is 39.4 Å². The van der Waals surface area contributed by atoms with Gasteiger partial charge in [-0.15, -0.1) is 0 Å². The summed E-state index contributed by atoms with van der Waals surface area (Å²) < 4.78 is 4.89. The van der Waals surface area contributed by atoms with Gasteiger partial charge in [0.1, 0.15) is 0 Å². The van der Waals surface area contributed by atoms with Gasteiger partial charge in [0.05, 0.1) is 13.0 Å². The minimum absolute atomic E-state index is 0.0723. The Morgan fingerprint density at radius 1 is 1.11 bits per heavy atom. The molecule has 1 aromatic carbocycles. The van der Waals surface area contributed by atoms with Crippen LogP contribution in [-0.2, 0) is 9.53 Å². The van der Waals surface area contributed by atoms with Gasteiger partial charge in [-0.2, -0.15) is 0 Å². The summed E-state index contributed by atoms with van der Waals surface area (Å²) in [6.07, 6.45) is 2.38. The van der Waals surface area contributed by atoms with Crippen LogP contribution in [0.15, 0.2) is 30.3 Å². The molecule has 7 nitrogen and oxygen atoms in total. The number of carbonyl (C=O) groups is 2. The van der Waals surface area contributed by atoms with Crippen LogP contribution in [0.1, 0.15) is 26.2 Å². The summed E-state index contributed by atoms with van der Waals surface area (Å²) >= 11 is 0. The van der Waals surface area contributed by atoms with E-state index in [0.717, 1.165) is 52.1 Å². The highest BCUT2D eigenvalue weighted by Gasteiger charge is 2.30. The number of hydrogen-bond donors (Lipinski definition) is 1. The zero-order valence-corrected chi connectivity index (χ0v) is 16.8. The lowest BCUT2D eigenvalue weighted by Gasteiger charge is -2.43. The number of esters is 1. The van der Waals surface area contributed by atoms with E-state index in [1.54, 1.807) is 6.92 Å². The maximum absolute atomic E-state index is 12.4. The summed E-state index contributed by atoms with van der Waals surface area (Å²) in [6, 6.07) is 10.9. The highest BCUT2D eigenvalue weighted by atomic mass is 16.5. The van der Waals surface area contributed by atoms with Gasteiger partial charge >= 0.3 is 12.0 Å². The number of likely N-dealkylation sites (tertiary alicyclic amines) is 1. The summed E-state index contributed by atoms with van der Waals surface area (Å²) in [5.41, 5.74) is 1.29. The smallest absolute Gasteiger partial charge is 0.317 e. The van der Waals surface area contributed by atoms with Crippen LogP contribution in [0.4, 0.5) is 10.5 Å². The lowest BCUT2D eigenvalue weighted by atomic mass is 10.0. The lowest BCUT2D eigenvalue weighted by Crippen LogP contribution is -2.57. The molecule has 2 saturated heterocycles. The third kappa shape index (κ3) is 5.61. The molecule has 0 spiro atoms. The van der Waals surface area contributed by atoms with E-state index in [-0.39, 0.29) is 18.4 Å². The molecule has 2 aliphatic rings. The number of carbonyl (C=O) groups excluding carboxylic acids is 2. The van der Waals surface area contributed by atoms with Gasteiger partial charge in [0, 0.05) is 57.5 Å². The first-order valence-corrected chi connectivity index (χ1v) is 10.4. The Labute approximate surface area is 167 Å². The third-order valence-corrected chi connectivity index (χ3v) is 5.55. The van der Waals surface area contributed by atoms with Gasteiger partial charge in [0.2, 0.25) is 0 Å². The first-order valence-electron chi connectivity index (χ1n) is 10.4. The van der Waals surface area contributed by atoms with Crippen LogP contribution in [0, 0.1) is 0 Å². The second-order valence-corrected chi connectivity index (χ2v) is 7.39. The number of amides is 2. The van der Waals surface area contributed by atoms with E-state index in [1.807, 2.05) is 11.0 Å². The third-order valence-electron chi connectivity index (χ3n) is 5.55. The highest BCUT2D eigenvalue weighted by molar-refractivity contribution is 5.75. The Morgan fingerprint density at radius 3 is 2.57 bits per heavy atom. The monoisotopic (exact) mass is 388 g/mol. The van der Waals surface area contributed by atoms with Crippen LogP contribution < -0.4 is 10.2 Å². The molecule has 1 atom stereocenters. The summed E-state index contributed by atoms with van der Waals surface area (Å²) in [5.74, 6) is -0.268. The minimum atomic E-state index is -0.268. The number of para-hydroxylation sites is 1. The van der Waals surface area contributed by atoms with Gasteiger partial charge in [-0.05, 0) is 31.9 Å². The van der Waals surface area contributed by atoms with Gasteiger partial charge in [0.25, 0.3) is 0 Å². The Bertz CT molecular complexity index is 632. The largest absolute Gasteiger partial charge is 0.466 e. The maximum atomic E-state index is 12.4. The van der Waals surface area contributed by atoms with Gasteiger partial charge in [-0.3, -0.25) is 9.69 Å². The van der Waals surface area contributed by atoms with Crippen molar-refractivity contribution in [2.75, 3.05) is 57.3 Å². The average molecular weight is 389 g/mol. The van der Waals surface area contributed by atoms with Crippen molar-refractivity contribution >= 4 is 17.7 Å². The molecule has 0 saturated carbocycles. The Kier molecular flexibility index (Phi) is 7.54. The predicted molar refractivity (Wildman–Crippen MR) is 109 cm³/mol. The van der Waals surface area contributed by atoms with Crippen molar-refractivity contribution in [3.05, 3.63) is 30.3 Å². The molecule has 1 aromatic rings. The Hall–Kier alpha value is -2.28. The number of piperazine rings is 1. The number of piperidine rings is 1. The van der Waals surface area contributed by atoms with Gasteiger partial charge < -0.3 is 19.9 Å². The van der Waals surface area contributed by atoms with Crippen LogP contribution in [0.5, 0.6) is 0 Å². The number of nitrogens with one attached hydrogen (secondary N) is 1. The van der Waals surface area contributed by atoms with Crippen molar-refractivity contribution in [3.8, 4) is 0 Å². The van der Waals surface area contributed by atoms with Crippen molar-refractivity contribution in [1.82, 2.24) is 15.1 Å². The Morgan fingerprint density at radius 2 is 1.86 bits per heavy atom. The normalized spacial score (nSPS) is 20.7. The number of hydrogen-bond acceptors (Lipinski definition) is 5. The van der Waals surface area contributed by atoms with Crippen molar-refractivity contribution in [1.29, 1.82) is 0 Å². The van der Waals surface area contributed by atoms with Crippen molar-refractivity contribution in [2.24, 2.45) is 0 Å². The van der Waals surface area contributed by atoms with Crippen molar-refractivity contribution in [3.63, 3.8) is 0 Å². The maximum Gasteiger partial charge on any atom is 0.317 e. The molecule has 2 fully saturated rings. The van der Waals surface area contributed by atoms with E-state index in [9.17, 15) is 9.59 Å². The number of benzene rings is 1. The van der Waals surface area contributed by atoms with Crippen molar-refractivity contribution in [2.45, 2.75) is 32.2 Å². The van der Waals surface area contributed by atoms with Crippen molar-refractivity contribution < 1.29 is 14.3 Å². The van der Waals surface area contributed by atoms with Crippen LogP contribution in [-0.4, -0.2) is 80.3 Å². The fourth-order valence-electron chi connectivity index (χ4n) is 4.04. The minimum Gasteiger partial charge on any atom is -0.466 e. The molecule has 1 N–H and O–H groups in total. The van der Waals surface area contributed by atoms with E-state index in [0.29, 0.717) is 19.2 Å². The zero-order valence-electron chi connectivity index (χ0n) is 16.8. The SMILES string of the molecule is CCOC(=O)CCNC(=O)N1CCC[C@@H](N2CCN(c3ccccc3)CC2)C1. The van der Waals surface area contributed by atoms with Crippen LogP contribution in [0.25, 0.3) is 0 Å². The van der Waals surface area contributed by atoms with E-state index < -0.39 is 0 Å². The number of ether oxygens (including phenoxy) is 1. The first-order chi connectivity index (χ1) is 13.7. The number of urea groups is 1. The lowest BCUT2D eigenvalue weighted by molar-refractivity contribution is -0.142. The first kappa shape index (κ1) is 20.5. The van der Waals surface area contributed by atoms with Gasteiger partial charge in [-0.1, -0.05) is 18.2 Å². The molecule has 2 aliphatic heterocycles. The zero-order chi connectivity index (χ0) is 19.8. The summed E-state index contributed by atoms with van der Waals surface area (Å²) in [7, 11) is 0. The number of rotatable bonds is 6. The summed E-state index contributed by atoms with van der Waals surface area (Å²) in [5, 5.41) is 2.85. The molecule has 3 rings (SSSR count). The molecule has 0 aromatic heterocycles. The fraction of sp³-hybridized carbons (Fsp3) is 0.619. The topological polar surface area (TPSA) is 65.1 Å². The molecule has 0 radical (unpaired) electrons.